The van der Waals surface area contributed by atoms with E-state index >= 15 is 0 Å². The van der Waals surface area contributed by atoms with E-state index in [1.165, 1.54) is 16.5 Å². The minimum absolute atomic E-state index is 0.316. The van der Waals surface area contributed by atoms with Crippen molar-refractivity contribution in [3.8, 4) is 11.6 Å². The lowest BCUT2D eigenvalue weighted by atomic mass is 9.92. The molecule has 0 radical (unpaired) electrons. The minimum Gasteiger partial charge on any atom is -0.439 e. The Hall–Kier alpha value is -3.31. The summed E-state index contributed by atoms with van der Waals surface area (Å²) in [7, 11) is 0. The van der Waals surface area contributed by atoms with Gasteiger partial charge in [-0.05, 0) is 96.6 Å². The molecule has 2 aliphatic heterocycles. The molecule has 5 heteroatoms. The van der Waals surface area contributed by atoms with Crippen molar-refractivity contribution in [1.29, 1.82) is 0 Å². The first-order valence-electron chi connectivity index (χ1n) is 11.7. The molecule has 33 heavy (non-hydrogen) atoms. The molecule has 0 amide bonds. The van der Waals surface area contributed by atoms with E-state index in [4.69, 9.17) is 4.74 Å². The summed E-state index contributed by atoms with van der Waals surface area (Å²) in [5.74, 6) is 2.25. The normalized spacial score (nSPS) is 16.8. The SMILES string of the molecule is CC(=O)CC1CCN(Cc2ccc3cc(Oc4ccc(C5=CC=NC5)cn4)ccc3c2)CC1. The number of benzene rings is 2. The number of ketones is 1. The number of piperidine rings is 1. The Morgan fingerprint density at radius 3 is 2.61 bits per heavy atom. The Balaban J connectivity index is 1.21. The molecular formula is C28H29N3O2. The number of aromatic nitrogens is 1. The molecule has 2 aliphatic rings. The van der Waals surface area contributed by atoms with Crippen molar-refractivity contribution in [3.63, 3.8) is 0 Å². The Kier molecular flexibility index (Phi) is 6.31. The van der Waals surface area contributed by atoms with Gasteiger partial charge in [-0.3, -0.25) is 9.89 Å². The summed E-state index contributed by atoms with van der Waals surface area (Å²) >= 11 is 0. The second-order valence-corrected chi connectivity index (χ2v) is 9.14. The number of aliphatic imine (C=N–C) groups is 1. The predicted molar refractivity (Wildman–Crippen MR) is 133 cm³/mol. The molecule has 3 heterocycles. The van der Waals surface area contributed by atoms with Crippen LogP contribution < -0.4 is 4.74 Å². The lowest BCUT2D eigenvalue weighted by Crippen LogP contribution is -2.33. The summed E-state index contributed by atoms with van der Waals surface area (Å²) in [5.41, 5.74) is 3.58. The molecule has 0 bridgehead atoms. The quantitative estimate of drug-likeness (QED) is 0.475. The highest BCUT2D eigenvalue weighted by Crippen LogP contribution is 2.28. The Labute approximate surface area is 194 Å². The molecule has 1 aromatic heterocycles. The van der Waals surface area contributed by atoms with E-state index in [1.807, 2.05) is 36.7 Å². The van der Waals surface area contributed by atoms with E-state index < -0.39 is 0 Å². The molecule has 5 nitrogen and oxygen atoms in total. The maximum atomic E-state index is 11.4. The van der Waals surface area contributed by atoms with Crippen molar-refractivity contribution in [2.24, 2.45) is 10.9 Å². The summed E-state index contributed by atoms with van der Waals surface area (Å²) in [5, 5.41) is 2.36. The first-order chi connectivity index (χ1) is 16.1. The highest BCUT2D eigenvalue weighted by atomic mass is 16.5. The fourth-order valence-electron chi connectivity index (χ4n) is 4.73. The van der Waals surface area contributed by atoms with Crippen LogP contribution in [0.3, 0.4) is 0 Å². The number of rotatable bonds is 7. The van der Waals surface area contributed by atoms with Crippen LogP contribution in [0.15, 0.2) is 65.8 Å². The van der Waals surface area contributed by atoms with Crippen LogP contribution in [0, 0.1) is 5.92 Å². The van der Waals surface area contributed by atoms with E-state index in [-0.39, 0.29) is 0 Å². The topological polar surface area (TPSA) is 54.8 Å². The Bertz CT molecular complexity index is 1210. The molecule has 168 valence electrons. The summed E-state index contributed by atoms with van der Waals surface area (Å²) in [6.07, 6.45) is 8.67. The number of nitrogens with zero attached hydrogens (tertiary/aromatic N) is 3. The fraction of sp³-hybridized carbons (Fsp3) is 0.321. The monoisotopic (exact) mass is 439 g/mol. The lowest BCUT2D eigenvalue weighted by Gasteiger charge is -2.31. The van der Waals surface area contributed by atoms with Crippen LogP contribution in [0.4, 0.5) is 0 Å². The van der Waals surface area contributed by atoms with E-state index in [0.29, 0.717) is 24.1 Å². The molecule has 0 aliphatic carbocycles. The van der Waals surface area contributed by atoms with Gasteiger partial charge in [-0.2, -0.15) is 0 Å². The van der Waals surface area contributed by atoms with Crippen LogP contribution in [0.2, 0.25) is 0 Å². The van der Waals surface area contributed by atoms with Gasteiger partial charge in [0, 0.05) is 31.4 Å². The van der Waals surface area contributed by atoms with Crippen LogP contribution in [0.1, 0.15) is 37.3 Å². The number of pyridine rings is 1. The number of carbonyl (C=O) groups excluding carboxylic acids is 1. The molecule has 0 N–H and O–H groups in total. The Morgan fingerprint density at radius 1 is 1.06 bits per heavy atom. The molecule has 0 saturated carbocycles. The number of allylic oxidation sites excluding steroid dienone is 1. The number of ether oxygens (including phenoxy) is 1. The van der Waals surface area contributed by atoms with E-state index in [9.17, 15) is 4.79 Å². The summed E-state index contributed by atoms with van der Waals surface area (Å²) in [6, 6.07) is 16.8. The smallest absolute Gasteiger partial charge is 0.219 e. The number of hydrogen-bond donors (Lipinski definition) is 0. The maximum absolute atomic E-state index is 11.4. The zero-order chi connectivity index (χ0) is 22.6. The number of carbonyl (C=O) groups is 1. The molecule has 1 fully saturated rings. The van der Waals surface area contributed by atoms with Gasteiger partial charge in [-0.25, -0.2) is 4.98 Å². The molecular weight excluding hydrogens is 410 g/mol. The summed E-state index contributed by atoms with van der Waals surface area (Å²) in [4.78, 5) is 22.5. The van der Waals surface area contributed by atoms with Crippen molar-refractivity contribution < 1.29 is 9.53 Å². The van der Waals surface area contributed by atoms with Crippen LogP contribution in [0.5, 0.6) is 11.6 Å². The standard InChI is InChI=1S/C28H29N3O2/c1-20(32)14-21-9-12-31(13-10-21)19-22-2-3-24-16-27(6-4-23(24)15-22)33-28-7-5-25(18-30-28)26-8-11-29-17-26/h2-8,11,15-16,18,21H,9-10,12-14,17,19H2,1H3. The van der Waals surface area contributed by atoms with Gasteiger partial charge in [-0.15, -0.1) is 0 Å². The van der Waals surface area contributed by atoms with Crippen molar-refractivity contribution in [2.75, 3.05) is 19.6 Å². The third-order valence-electron chi connectivity index (χ3n) is 6.54. The van der Waals surface area contributed by atoms with Crippen LogP contribution in [0.25, 0.3) is 16.3 Å². The first kappa shape index (κ1) is 21.5. The van der Waals surface area contributed by atoms with E-state index in [1.54, 1.807) is 6.92 Å². The maximum Gasteiger partial charge on any atom is 0.219 e. The van der Waals surface area contributed by atoms with Crippen molar-refractivity contribution in [2.45, 2.75) is 32.7 Å². The van der Waals surface area contributed by atoms with Gasteiger partial charge in [0.1, 0.15) is 11.5 Å². The van der Waals surface area contributed by atoms with Gasteiger partial charge in [0.15, 0.2) is 0 Å². The van der Waals surface area contributed by atoms with Crippen molar-refractivity contribution in [3.05, 3.63) is 71.9 Å². The summed E-state index contributed by atoms with van der Waals surface area (Å²) < 4.78 is 6.00. The molecule has 3 aromatic rings. The third kappa shape index (κ3) is 5.37. The number of hydrogen-bond acceptors (Lipinski definition) is 5. The summed E-state index contributed by atoms with van der Waals surface area (Å²) in [6.45, 7) is 5.51. The molecule has 0 spiro atoms. The van der Waals surface area contributed by atoms with Gasteiger partial charge in [0.25, 0.3) is 0 Å². The predicted octanol–water partition coefficient (Wildman–Crippen LogP) is 5.69. The van der Waals surface area contributed by atoms with Gasteiger partial charge in [-0.1, -0.05) is 18.2 Å². The van der Waals surface area contributed by atoms with Crippen molar-refractivity contribution in [1.82, 2.24) is 9.88 Å². The number of Topliss-reactive ketones (excluding diaryl/α,β-unsaturated/α-hetero) is 1. The third-order valence-corrected chi connectivity index (χ3v) is 6.54. The van der Waals surface area contributed by atoms with Gasteiger partial charge >= 0.3 is 0 Å². The highest BCUT2D eigenvalue weighted by molar-refractivity contribution is 5.89. The number of likely N-dealkylation sites (tertiary alicyclic amines) is 1. The zero-order valence-electron chi connectivity index (χ0n) is 19.0. The number of fused-ring (bicyclic) bond motifs is 1. The molecule has 2 aromatic carbocycles. The molecule has 0 unspecified atom stereocenters. The van der Waals surface area contributed by atoms with Gasteiger partial charge in [0.05, 0.1) is 6.54 Å². The van der Waals surface area contributed by atoms with E-state index in [0.717, 1.165) is 55.6 Å². The van der Waals surface area contributed by atoms with E-state index in [2.05, 4.69) is 45.2 Å². The van der Waals surface area contributed by atoms with Crippen molar-refractivity contribution >= 4 is 28.3 Å². The second kappa shape index (κ2) is 9.67. The van der Waals surface area contributed by atoms with Crippen LogP contribution in [-0.4, -0.2) is 41.5 Å². The minimum atomic E-state index is 0.316. The lowest BCUT2D eigenvalue weighted by molar-refractivity contribution is -0.118. The Morgan fingerprint density at radius 2 is 1.88 bits per heavy atom. The zero-order valence-corrected chi connectivity index (χ0v) is 19.0. The molecule has 1 saturated heterocycles. The van der Waals surface area contributed by atoms with Gasteiger partial charge < -0.3 is 9.53 Å². The average molecular weight is 440 g/mol. The highest BCUT2D eigenvalue weighted by Gasteiger charge is 2.20. The van der Waals surface area contributed by atoms with Gasteiger partial charge in [0.2, 0.25) is 5.88 Å². The second-order valence-electron chi connectivity index (χ2n) is 9.14. The largest absolute Gasteiger partial charge is 0.439 e. The van der Waals surface area contributed by atoms with Crippen LogP contribution >= 0.6 is 0 Å². The van der Waals surface area contributed by atoms with Crippen LogP contribution in [-0.2, 0) is 11.3 Å². The average Bonchev–Trinajstić information content (AvgIpc) is 3.36. The first-order valence-corrected chi connectivity index (χ1v) is 11.7. The molecule has 5 rings (SSSR count). The fourth-order valence-corrected chi connectivity index (χ4v) is 4.73. The molecule has 0 atom stereocenters.